The number of ether oxygens (including phenoxy) is 2. The van der Waals surface area contributed by atoms with Crippen LogP contribution in [0.3, 0.4) is 0 Å². The first kappa shape index (κ1) is 15.1. The average molecular weight is 291 g/mol. The number of rotatable bonds is 7. The van der Waals surface area contributed by atoms with Gasteiger partial charge in [-0.05, 0) is 31.9 Å². The Morgan fingerprint density at radius 2 is 1.89 bits per heavy atom. The van der Waals surface area contributed by atoms with E-state index in [1.165, 1.54) is 0 Å². The van der Waals surface area contributed by atoms with Gasteiger partial charge in [-0.2, -0.15) is 0 Å². The van der Waals surface area contributed by atoms with Gasteiger partial charge in [-0.15, -0.1) is 0 Å². The van der Waals surface area contributed by atoms with Gasteiger partial charge in [0.15, 0.2) is 5.75 Å². The second-order valence-corrected chi connectivity index (χ2v) is 4.48. The molecule has 0 heterocycles. The maximum absolute atomic E-state index is 11.1. The predicted molar refractivity (Wildman–Crippen MR) is 72.4 cm³/mol. The molecule has 1 aromatic rings. The summed E-state index contributed by atoms with van der Waals surface area (Å²) in [5.41, 5.74) is 0. The Labute approximate surface area is 117 Å². The van der Waals surface area contributed by atoms with Gasteiger partial charge in [-0.3, -0.25) is 4.79 Å². The largest absolute Gasteiger partial charge is 0.490 e. The fourth-order valence-corrected chi connectivity index (χ4v) is 1.91. The fourth-order valence-electron chi connectivity index (χ4n) is 1.40. The zero-order chi connectivity index (χ0) is 13.4. The molecule has 0 aliphatic carbocycles. The van der Waals surface area contributed by atoms with Crippen molar-refractivity contribution in [2.24, 2.45) is 0 Å². The number of hydrogen-bond acceptors (Lipinski definition) is 3. The van der Waals surface area contributed by atoms with Gasteiger partial charge in [-0.25, -0.2) is 0 Å². The van der Waals surface area contributed by atoms with Crippen LogP contribution in [0.5, 0.6) is 5.75 Å². The summed E-state index contributed by atoms with van der Waals surface area (Å²) >= 11 is 11.9. The van der Waals surface area contributed by atoms with Gasteiger partial charge in [0, 0.05) is 6.42 Å². The second kappa shape index (κ2) is 8.22. The highest BCUT2D eigenvalue weighted by atomic mass is 35.5. The number of para-hydroxylation sites is 1. The van der Waals surface area contributed by atoms with Gasteiger partial charge in [0.05, 0.1) is 23.3 Å². The predicted octanol–water partition coefficient (Wildman–Crippen LogP) is 4.11. The summed E-state index contributed by atoms with van der Waals surface area (Å²) in [5, 5.41) is 0.987. The molecule has 0 aliphatic heterocycles. The van der Waals surface area contributed by atoms with Crippen LogP contribution in [0.25, 0.3) is 0 Å². The van der Waals surface area contributed by atoms with Crippen molar-refractivity contribution in [3.8, 4) is 5.75 Å². The first-order valence-corrected chi connectivity index (χ1v) is 6.63. The number of carbonyl (C=O) groups excluding carboxylic acids is 1. The Bertz CT molecular complexity index is 374. The lowest BCUT2D eigenvalue weighted by Gasteiger charge is -2.09. The number of esters is 1. The van der Waals surface area contributed by atoms with Crippen molar-refractivity contribution in [2.75, 3.05) is 13.2 Å². The molecule has 0 bridgehead atoms. The molecule has 18 heavy (non-hydrogen) atoms. The highest BCUT2D eigenvalue weighted by Crippen LogP contribution is 2.32. The van der Waals surface area contributed by atoms with Gasteiger partial charge >= 0.3 is 5.97 Å². The molecule has 100 valence electrons. The average Bonchev–Trinajstić information content (AvgIpc) is 2.32. The molecule has 0 aliphatic rings. The normalized spacial score (nSPS) is 10.2. The zero-order valence-corrected chi connectivity index (χ0v) is 11.8. The van der Waals surface area contributed by atoms with Gasteiger partial charge in [0.2, 0.25) is 0 Å². The Kier molecular flexibility index (Phi) is 6.91. The van der Waals surface area contributed by atoms with Gasteiger partial charge in [0.1, 0.15) is 0 Å². The maximum atomic E-state index is 11.1. The quantitative estimate of drug-likeness (QED) is 0.560. The van der Waals surface area contributed by atoms with Gasteiger partial charge in [0.25, 0.3) is 0 Å². The first-order chi connectivity index (χ1) is 8.65. The molecule has 0 saturated carbocycles. The lowest BCUT2D eigenvalue weighted by atomic mass is 10.2. The van der Waals surface area contributed by atoms with Crippen LogP contribution in [0.1, 0.15) is 26.2 Å². The van der Waals surface area contributed by atoms with E-state index < -0.39 is 0 Å². The number of carbonyl (C=O) groups is 1. The molecule has 0 radical (unpaired) electrons. The monoisotopic (exact) mass is 290 g/mol. The summed E-state index contributed by atoms with van der Waals surface area (Å²) in [4.78, 5) is 11.1. The van der Waals surface area contributed by atoms with Crippen molar-refractivity contribution >= 4 is 29.2 Å². The van der Waals surface area contributed by atoms with Gasteiger partial charge < -0.3 is 9.47 Å². The van der Waals surface area contributed by atoms with E-state index in [9.17, 15) is 4.79 Å². The number of halogens is 2. The van der Waals surface area contributed by atoms with E-state index in [0.717, 1.165) is 12.8 Å². The Balaban J connectivity index is 2.24. The molecule has 1 rings (SSSR count). The van der Waals surface area contributed by atoms with E-state index in [4.69, 9.17) is 32.7 Å². The minimum absolute atomic E-state index is 0.173. The van der Waals surface area contributed by atoms with Crippen LogP contribution in [0, 0.1) is 0 Å². The Morgan fingerprint density at radius 3 is 2.50 bits per heavy atom. The van der Waals surface area contributed by atoms with E-state index in [0.29, 0.717) is 35.4 Å². The van der Waals surface area contributed by atoms with Crippen LogP contribution < -0.4 is 4.74 Å². The van der Waals surface area contributed by atoms with Crippen LogP contribution in [0.15, 0.2) is 18.2 Å². The number of benzene rings is 1. The molecule has 0 unspecified atom stereocenters. The summed E-state index contributed by atoms with van der Waals surface area (Å²) in [5.74, 6) is 0.324. The zero-order valence-electron chi connectivity index (χ0n) is 10.2. The standard InChI is InChI=1S/C13H16Cl2O3/c1-2-17-12(16)8-3-4-9-18-13-10(14)6-5-7-11(13)15/h5-7H,2-4,8-9H2,1H3. The van der Waals surface area contributed by atoms with Crippen molar-refractivity contribution in [2.45, 2.75) is 26.2 Å². The first-order valence-electron chi connectivity index (χ1n) is 5.87. The molecule has 0 fully saturated rings. The van der Waals surface area contributed by atoms with Crippen molar-refractivity contribution in [3.63, 3.8) is 0 Å². The molecule has 0 spiro atoms. The molecule has 0 amide bonds. The minimum atomic E-state index is -0.173. The SMILES string of the molecule is CCOC(=O)CCCCOc1c(Cl)cccc1Cl. The van der Waals surface area contributed by atoms with Crippen LogP contribution >= 0.6 is 23.2 Å². The lowest BCUT2D eigenvalue weighted by Crippen LogP contribution is -2.05. The van der Waals surface area contributed by atoms with E-state index in [-0.39, 0.29) is 5.97 Å². The highest BCUT2D eigenvalue weighted by Gasteiger charge is 2.06. The third-order valence-electron chi connectivity index (χ3n) is 2.25. The summed E-state index contributed by atoms with van der Waals surface area (Å²) in [7, 11) is 0. The molecule has 3 nitrogen and oxygen atoms in total. The molecule has 1 aromatic carbocycles. The minimum Gasteiger partial charge on any atom is -0.490 e. The maximum Gasteiger partial charge on any atom is 0.305 e. The van der Waals surface area contributed by atoms with Crippen LogP contribution in [0.4, 0.5) is 0 Å². The lowest BCUT2D eigenvalue weighted by molar-refractivity contribution is -0.143. The smallest absolute Gasteiger partial charge is 0.305 e. The van der Waals surface area contributed by atoms with E-state index in [1.807, 2.05) is 0 Å². The van der Waals surface area contributed by atoms with E-state index in [1.54, 1.807) is 25.1 Å². The van der Waals surface area contributed by atoms with Crippen molar-refractivity contribution in [3.05, 3.63) is 28.2 Å². The third kappa shape index (κ3) is 5.15. The fraction of sp³-hybridized carbons (Fsp3) is 0.462. The Hall–Kier alpha value is -0.930. The molecule has 0 atom stereocenters. The van der Waals surface area contributed by atoms with Crippen LogP contribution in [-0.4, -0.2) is 19.2 Å². The summed E-state index contributed by atoms with van der Waals surface area (Å²) in [6.07, 6.45) is 1.88. The van der Waals surface area contributed by atoms with E-state index >= 15 is 0 Å². The van der Waals surface area contributed by atoms with Gasteiger partial charge in [-0.1, -0.05) is 29.3 Å². The van der Waals surface area contributed by atoms with Crippen LogP contribution in [0.2, 0.25) is 10.0 Å². The highest BCUT2D eigenvalue weighted by molar-refractivity contribution is 6.37. The van der Waals surface area contributed by atoms with E-state index in [2.05, 4.69) is 0 Å². The molecular formula is C13H16Cl2O3. The summed E-state index contributed by atoms with van der Waals surface area (Å²) in [6, 6.07) is 5.21. The molecule has 0 saturated heterocycles. The third-order valence-corrected chi connectivity index (χ3v) is 2.84. The molecule has 0 N–H and O–H groups in total. The number of unbranched alkanes of at least 4 members (excludes halogenated alkanes) is 1. The topological polar surface area (TPSA) is 35.5 Å². The molecular weight excluding hydrogens is 275 g/mol. The van der Waals surface area contributed by atoms with Crippen LogP contribution in [-0.2, 0) is 9.53 Å². The second-order valence-electron chi connectivity index (χ2n) is 3.66. The summed E-state index contributed by atoms with van der Waals surface area (Å²) in [6.45, 7) is 2.69. The summed E-state index contributed by atoms with van der Waals surface area (Å²) < 4.78 is 10.3. The Morgan fingerprint density at radius 1 is 1.22 bits per heavy atom. The molecule has 0 aromatic heterocycles. The van der Waals surface area contributed by atoms with Crippen molar-refractivity contribution in [1.82, 2.24) is 0 Å². The van der Waals surface area contributed by atoms with Crippen molar-refractivity contribution in [1.29, 1.82) is 0 Å². The van der Waals surface area contributed by atoms with Crippen molar-refractivity contribution < 1.29 is 14.3 Å². The number of hydrogen-bond donors (Lipinski definition) is 0. The molecule has 5 heteroatoms.